The van der Waals surface area contributed by atoms with Gasteiger partial charge in [-0.2, -0.15) is 0 Å². The summed E-state index contributed by atoms with van der Waals surface area (Å²) in [5, 5.41) is 18.0. The fourth-order valence-electron chi connectivity index (χ4n) is 2.01. The number of hydrogen-bond acceptors (Lipinski definition) is 3. The van der Waals surface area contributed by atoms with Gasteiger partial charge in [-0.05, 0) is 24.6 Å². The van der Waals surface area contributed by atoms with Crippen LogP contribution in [0.2, 0.25) is 20.1 Å². The number of carboxylic acids is 1. The van der Waals surface area contributed by atoms with Crippen molar-refractivity contribution in [2.75, 3.05) is 0 Å². The predicted molar refractivity (Wildman–Crippen MR) is 89.7 cm³/mol. The molecule has 2 N–H and O–H groups in total. The second-order valence-corrected chi connectivity index (χ2v) is 6.17. The van der Waals surface area contributed by atoms with Crippen molar-refractivity contribution in [3.05, 3.63) is 60.5 Å². The smallest absolute Gasteiger partial charge is 0.338 e. The average molecular weight is 394 g/mol. The Hall–Kier alpha value is -1.46. The van der Waals surface area contributed by atoms with Gasteiger partial charge in [-0.1, -0.05) is 52.5 Å². The highest BCUT2D eigenvalue weighted by Gasteiger charge is 2.30. The van der Waals surface area contributed by atoms with Crippen molar-refractivity contribution >= 4 is 58.2 Å². The van der Waals surface area contributed by atoms with Crippen LogP contribution in [-0.4, -0.2) is 22.0 Å². The molecule has 120 valence electrons. The highest BCUT2D eigenvalue weighted by atomic mass is 35.5. The zero-order valence-electron chi connectivity index (χ0n) is 11.5. The summed E-state index contributed by atoms with van der Waals surface area (Å²) in [7, 11) is 0. The van der Waals surface area contributed by atoms with Crippen molar-refractivity contribution in [2.45, 2.75) is 6.92 Å². The van der Waals surface area contributed by atoms with Gasteiger partial charge < -0.3 is 10.2 Å². The molecular formula is C15H8Cl4O4. The van der Waals surface area contributed by atoms with Gasteiger partial charge in [0.15, 0.2) is 5.78 Å². The van der Waals surface area contributed by atoms with Crippen molar-refractivity contribution in [1.29, 1.82) is 0 Å². The first-order valence-corrected chi connectivity index (χ1v) is 7.61. The number of aromatic carboxylic acids is 1. The highest BCUT2D eigenvalue weighted by molar-refractivity contribution is 6.54. The summed E-state index contributed by atoms with van der Waals surface area (Å²) in [5.41, 5.74) is -0.418. The van der Waals surface area contributed by atoms with Crippen LogP contribution in [0.4, 0.5) is 0 Å². The third-order valence-electron chi connectivity index (χ3n) is 3.11. The van der Waals surface area contributed by atoms with Crippen LogP contribution in [0.3, 0.4) is 0 Å². The van der Waals surface area contributed by atoms with E-state index >= 15 is 0 Å². The molecule has 23 heavy (non-hydrogen) atoms. The van der Waals surface area contributed by atoms with E-state index in [2.05, 4.69) is 0 Å². The van der Waals surface area contributed by atoms with Gasteiger partial charge in [-0.15, -0.1) is 0 Å². The van der Waals surface area contributed by atoms with E-state index in [1.165, 1.54) is 12.1 Å². The third-order valence-corrected chi connectivity index (χ3v) is 4.91. The fourth-order valence-corrected chi connectivity index (χ4v) is 3.03. The molecule has 0 atom stereocenters. The number of halogens is 4. The number of carboxylic acid groups (broad SMARTS) is 1. The van der Waals surface area contributed by atoms with Gasteiger partial charge in [0.2, 0.25) is 0 Å². The Morgan fingerprint density at radius 1 is 0.913 bits per heavy atom. The zero-order chi connectivity index (χ0) is 17.5. The molecule has 2 rings (SSSR count). The van der Waals surface area contributed by atoms with Crippen LogP contribution in [0.1, 0.15) is 31.8 Å². The average Bonchev–Trinajstić information content (AvgIpc) is 2.47. The number of phenolic OH excluding ortho intramolecular Hbond substituents is 1. The number of ketones is 1. The maximum Gasteiger partial charge on any atom is 0.338 e. The first-order chi connectivity index (χ1) is 10.7. The SMILES string of the molecule is Cc1ccc(C(=O)c2c(Cl)c(Cl)c(Cl)c(Cl)c2C(=O)O)c(O)c1. The van der Waals surface area contributed by atoms with E-state index in [0.717, 1.165) is 5.56 Å². The lowest BCUT2D eigenvalue weighted by Crippen LogP contribution is -2.12. The minimum atomic E-state index is -1.49. The number of benzene rings is 2. The number of phenols is 1. The number of carbonyl (C=O) groups excluding carboxylic acids is 1. The largest absolute Gasteiger partial charge is 0.507 e. The lowest BCUT2D eigenvalue weighted by Gasteiger charge is -2.14. The number of aromatic hydroxyl groups is 1. The minimum absolute atomic E-state index is 0.130. The molecule has 2 aromatic rings. The molecule has 0 spiro atoms. The summed E-state index contributed by atoms with van der Waals surface area (Å²) in [4.78, 5) is 24.1. The van der Waals surface area contributed by atoms with Crippen LogP contribution in [0.15, 0.2) is 18.2 Å². The summed E-state index contributed by atoms with van der Waals surface area (Å²) in [5.74, 6) is -2.64. The molecule has 0 fully saturated rings. The topological polar surface area (TPSA) is 74.6 Å². The molecule has 8 heteroatoms. The predicted octanol–water partition coefficient (Wildman–Crippen LogP) is 5.24. The summed E-state index contributed by atoms with van der Waals surface area (Å²) < 4.78 is 0. The van der Waals surface area contributed by atoms with Crippen LogP contribution in [0.25, 0.3) is 0 Å². The van der Waals surface area contributed by atoms with Gasteiger partial charge >= 0.3 is 5.97 Å². The normalized spacial score (nSPS) is 10.7. The van der Waals surface area contributed by atoms with E-state index in [4.69, 9.17) is 46.4 Å². The molecule has 0 aliphatic rings. The van der Waals surface area contributed by atoms with Gasteiger partial charge in [0.25, 0.3) is 0 Å². The van der Waals surface area contributed by atoms with Crippen molar-refractivity contribution < 1.29 is 19.8 Å². The third kappa shape index (κ3) is 3.12. The molecule has 0 aliphatic carbocycles. The van der Waals surface area contributed by atoms with Crippen LogP contribution in [0, 0.1) is 6.92 Å². The lowest BCUT2D eigenvalue weighted by atomic mass is 9.96. The number of hydrogen-bond donors (Lipinski definition) is 2. The Kier molecular flexibility index (Phi) is 5.11. The van der Waals surface area contributed by atoms with Crippen molar-refractivity contribution in [1.82, 2.24) is 0 Å². The first-order valence-electron chi connectivity index (χ1n) is 6.10. The van der Waals surface area contributed by atoms with Gasteiger partial charge in [0.05, 0.1) is 36.8 Å². The standard InChI is InChI=1S/C15H8Cl4O4/c1-5-2-3-6(7(20)4-5)14(21)8-9(15(22)23)11(17)13(19)12(18)10(8)16/h2-4,20H,1H3,(H,22,23). The fraction of sp³-hybridized carbons (Fsp3) is 0.0667. The van der Waals surface area contributed by atoms with Crippen LogP contribution in [0.5, 0.6) is 5.75 Å². The Bertz CT molecular complexity index is 846. The Morgan fingerprint density at radius 2 is 1.43 bits per heavy atom. The summed E-state index contributed by atoms with van der Waals surface area (Å²) in [6, 6.07) is 4.30. The maximum atomic E-state index is 12.7. The first kappa shape index (κ1) is 17.9. The Balaban J connectivity index is 2.81. The molecule has 0 aliphatic heterocycles. The quantitative estimate of drug-likeness (QED) is 0.424. The molecular weight excluding hydrogens is 386 g/mol. The van der Waals surface area contributed by atoms with Gasteiger partial charge in [0, 0.05) is 0 Å². The second kappa shape index (κ2) is 6.57. The van der Waals surface area contributed by atoms with Gasteiger partial charge in [0.1, 0.15) is 5.75 Å². The van der Waals surface area contributed by atoms with Crippen molar-refractivity contribution in [2.24, 2.45) is 0 Å². The van der Waals surface area contributed by atoms with E-state index in [0.29, 0.717) is 0 Å². The second-order valence-electron chi connectivity index (χ2n) is 4.66. The van der Waals surface area contributed by atoms with Crippen LogP contribution >= 0.6 is 46.4 Å². The molecule has 0 heterocycles. The Labute approximate surface area is 151 Å². The lowest BCUT2D eigenvalue weighted by molar-refractivity contribution is 0.0693. The summed E-state index contributed by atoms with van der Waals surface area (Å²) in [6.07, 6.45) is 0. The van der Waals surface area contributed by atoms with Crippen LogP contribution < -0.4 is 0 Å². The van der Waals surface area contributed by atoms with Crippen LogP contribution in [-0.2, 0) is 0 Å². The number of aryl methyl sites for hydroxylation is 1. The van der Waals surface area contributed by atoms with E-state index in [9.17, 15) is 19.8 Å². The molecule has 0 bridgehead atoms. The van der Waals surface area contributed by atoms with Gasteiger partial charge in [-0.25, -0.2) is 4.79 Å². The molecule has 0 radical (unpaired) electrons. The Morgan fingerprint density at radius 3 is 1.91 bits per heavy atom. The molecule has 0 amide bonds. The van der Waals surface area contributed by atoms with E-state index < -0.39 is 27.9 Å². The maximum absolute atomic E-state index is 12.7. The molecule has 0 unspecified atom stereocenters. The van der Waals surface area contributed by atoms with Gasteiger partial charge in [-0.3, -0.25) is 4.79 Å². The highest BCUT2D eigenvalue weighted by Crippen LogP contribution is 2.42. The molecule has 0 saturated heterocycles. The summed E-state index contributed by atoms with van der Waals surface area (Å²) in [6.45, 7) is 1.72. The minimum Gasteiger partial charge on any atom is -0.507 e. The summed E-state index contributed by atoms with van der Waals surface area (Å²) >= 11 is 23.6. The molecule has 2 aromatic carbocycles. The number of rotatable bonds is 3. The monoisotopic (exact) mass is 392 g/mol. The molecule has 0 saturated carbocycles. The van der Waals surface area contributed by atoms with Crippen molar-refractivity contribution in [3.8, 4) is 5.75 Å². The van der Waals surface area contributed by atoms with E-state index in [-0.39, 0.29) is 26.4 Å². The zero-order valence-corrected chi connectivity index (χ0v) is 14.5. The molecule has 4 nitrogen and oxygen atoms in total. The van der Waals surface area contributed by atoms with Crippen molar-refractivity contribution in [3.63, 3.8) is 0 Å². The number of carbonyl (C=O) groups is 2. The molecule has 0 aromatic heterocycles. The van der Waals surface area contributed by atoms with E-state index in [1.807, 2.05) is 0 Å². The van der Waals surface area contributed by atoms with E-state index in [1.54, 1.807) is 13.0 Å².